The summed E-state index contributed by atoms with van der Waals surface area (Å²) in [7, 11) is 1.45. The van der Waals surface area contributed by atoms with Gasteiger partial charge in [0.2, 0.25) is 0 Å². The summed E-state index contributed by atoms with van der Waals surface area (Å²) >= 11 is 3.30. The van der Waals surface area contributed by atoms with E-state index in [0.29, 0.717) is 28.6 Å². The van der Waals surface area contributed by atoms with Crippen molar-refractivity contribution in [2.45, 2.75) is 31.6 Å². The number of halogens is 1. The van der Waals surface area contributed by atoms with E-state index in [-0.39, 0.29) is 5.75 Å². The van der Waals surface area contributed by atoms with Gasteiger partial charge in [0, 0.05) is 5.56 Å². The Hall–Kier alpha value is -1.23. The molecule has 0 amide bonds. The van der Waals surface area contributed by atoms with Gasteiger partial charge in [-0.2, -0.15) is 0 Å². The molecule has 0 aromatic heterocycles. The third-order valence-corrected chi connectivity index (χ3v) is 4.29. The second-order valence-corrected chi connectivity index (χ2v) is 5.53. The lowest BCUT2D eigenvalue weighted by molar-refractivity contribution is -0.147. The largest absolute Gasteiger partial charge is 0.504 e. The lowest BCUT2D eigenvalue weighted by atomic mass is 9.63. The molecule has 2 N–H and O–H groups in total. The molecule has 0 unspecified atom stereocenters. The fourth-order valence-electron chi connectivity index (χ4n) is 2.64. The van der Waals surface area contributed by atoms with E-state index >= 15 is 0 Å². The summed E-state index contributed by atoms with van der Waals surface area (Å²) in [4.78, 5) is 11.5. The monoisotopic (exact) mass is 314 g/mol. The van der Waals surface area contributed by atoms with E-state index < -0.39 is 11.4 Å². The Morgan fingerprint density at radius 3 is 2.50 bits per heavy atom. The standard InChI is InChI=1S/C13H15BrO4/c1-7-6-8(14)11(18-2)10(15)9(7)13(12(16)17)4-3-5-13/h6,15H,3-5H2,1-2H3,(H,16,17). The van der Waals surface area contributed by atoms with E-state index in [1.54, 1.807) is 6.07 Å². The van der Waals surface area contributed by atoms with E-state index in [2.05, 4.69) is 15.9 Å². The molecule has 4 nitrogen and oxygen atoms in total. The van der Waals surface area contributed by atoms with Gasteiger partial charge in [0.25, 0.3) is 0 Å². The number of phenolic OH excluding ortho intramolecular Hbond substituents is 1. The number of carboxylic acids is 1. The van der Waals surface area contributed by atoms with Gasteiger partial charge in [-0.1, -0.05) is 6.42 Å². The molecule has 1 aliphatic rings. The second kappa shape index (κ2) is 4.46. The summed E-state index contributed by atoms with van der Waals surface area (Å²) in [6, 6.07) is 1.79. The minimum absolute atomic E-state index is 0.0634. The first kappa shape index (κ1) is 13.2. The molecule has 0 spiro atoms. The molecule has 1 saturated carbocycles. The number of hydrogen-bond acceptors (Lipinski definition) is 3. The lowest BCUT2D eigenvalue weighted by Gasteiger charge is -2.39. The summed E-state index contributed by atoms with van der Waals surface area (Å²) in [5.74, 6) is -0.647. The third kappa shape index (κ3) is 1.68. The molecule has 0 aliphatic heterocycles. The minimum atomic E-state index is -0.956. The van der Waals surface area contributed by atoms with Crippen LogP contribution in [0.5, 0.6) is 11.5 Å². The Balaban J connectivity index is 2.67. The molecular formula is C13H15BrO4. The maximum atomic E-state index is 11.5. The van der Waals surface area contributed by atoms with E-state index in [9.17, 15) is 15.0 Å². The van der Waals surface area contributed by atoms with Crippen LogP contribution in [0.3, 0.4) is 0 Å². The van der Waals surface area contributed by atoms with Crippen LogP contribution in [0.15, 0.2) is 10.5 Å². The van der Waals surface area contributed by atoms with Crippen LogP contribution in [0.2, 0.25) is 0 Å². The third-order valence-electron chi connectivity index (χ3n) is 3.71. The van der Waals surface area contributed by atoms with Crippen molar-refractivity contribution in [2.24, 2.45) is 0 Å². The first-order chi connectivity index (χ1) is 8.44. The minimum Gasteiger partial charge on any atom is -0.504 e. The van der Waals surface area contributed by atoms with Crippen molar-refractivity contribution in [2.75, 3.05) is 7.11 Å². The molecule has 98 valence electrons. The van der Waals surface area contributed by atoms with Gasteiger partial charge in [-0.3, -0.25) is 4.79 Å². The van der Waals surface area contributed by atoms with Crippen LogP contribution in [0.1, 0.15) is 30.4 Å². The Kier molecular flexibility index (Phi) is 3.27. The fraction of sp³-hybridized carbons (Fsp3) is 0.462. The van der Waals surface area contributed by atoms with Crippen molar-refractivity contribution < 1.29 is 19.7 Å². The van der Waals surface area contributed by atoms with E-state index in [1.807, 2.05) is 6.92 Å². The molecule has 2 rings (SSSR count). The van der Waals surface area contributed by atoms with E-state index in [1.165, 1.54) is 7.11 Å². The summed E-state index contributed by atoms with van der Waals surface area (Å²) in [6.45, 7) is 1.81. The highest BCUT2D eigenvalue weighted by atomic mass is 79.9. The molecule has 1 fully saturated rings. The van der Waals surface area contributed by atoms with Crippen LogP contribution >= 0.6 is 15.9 Å². The molecule has 0 heterocycles. The average Bonchev–Trinajstić information content (AvgIpc) is 2.20. The Morgan fingerprint density at radius 1 is 1.50 bits per heavy atom. The second-order valence-electron chi connectivity index (χ2n) is 4.67. The van der Waals surface area contributed by atoms with Crippen LogP contribution in [0.4, 0.5) is 0 Å². The van der Waals surface area contributed by atoms with Gasteiger partial charge in [0.1, 0.15) is 0 Å². The van der Waals surface area contributed by atoms with Gasteiger partial charge in [-0.25, -0.2) is 0 Å². The Morgan fingerprint density at radius 2 is 2.11 bits per heavy atom. The Bertz CT molecular complexity index is 506. The van der Waals surface area contributed by atoms with Crippen LogP contribution in [0, 0.1) is 6.92 Å². The molecule has 0 saturated heterocycles. The first-order valence-corrected chi connectivity index (χ1v) is 6.53. The van der Waals surface area contributed by atoms with Gasteiger partial charge >= 0.3 is 5.97 Å². The number of benzene rings is 1. The highest BCUT2D eigenvalue weighted by Gasteiger charge is 2.49. The van der Waals surface area contributed by atoms with Gasteiger partial charge in [-0.05, 0) is 47.3 Å². The summed E-state index contributed by atoms with van der Waals surface area (Å²) in [5.41, 5.74) is 0.297. The fourth-order valence-corrected chi connectivity index (χ4v) is 3.33. The smallest absolute Gasteiger partial charge is 0.314 e. The SMILES string of the molecule is COc1c(Br)cc(C)c(C2(C(=O)O)CCC2)c1O. The van der Waals surface area contributed by atoms with Gasteiger partial charge in [0.05, 0.1) is 17.0 Å². The average molecular weight is 315 g/mol. The van der Waals surface area contributed by atoms with Crippen molar-refractivity contribution in [1.82, 2.24) is 0 Å². The number of aromatic hydroxyl groups is 1. The van der Waals surface area contributed by atoms with Crippen LogP contribution in [0.25, 0.3) is 0 Å². The maximum absolute atomic E-state index is 11.5. The van der Waals surface area contributed by atoms with E-state index in [4.69, 9.17) is 4.74 Å². The number of aliphatic carboxylic acids is 1. The van der Waals surface area contributed by atoms with Crippen molar-refractivity contribution in [3.8, 4) is 11.5 Å². The van der Waals surface area contributed by atoms with Crippen molar-refractivity contribution in [3.63, 3.8) is 0 Å². The number of carbonyl (C=O) groups is 1. The molecule has 0 bridgehead atoms. The zero-order chi connectivity index (χ0) is 13.5. The van der Waals surface area contributed by atoms with E-state index in [0.717, 1.165) is 12.0 Å². The summed E-state index contributed by atoms with van der Waals surface area (Å²) in [6.07, 6.45) is 1.98. The molecule has 5 heteroatoms. The molecule has 1 aliphatic carbocycles. The molecule has 18 heavy (non-hydrogen) atoms. The van der Waals surface area contributed by atoms with Crippen LogP contribution in [-0.2, 0) is 10.2 Å². The van der Waals surface area contributed by atoms with Crippen molar-refractivity contribution in [1.29, 1.82) is 0 Å². The first-order valence-electron chi connectivity index (χ1n) is 5.74. The predicted octanol–water partition coefficient (Wildman–Crippen LogP) is 2.98. The number of methoxy groups -OCH3 is 1. The number of phenols is 1. The highest BCUT2D eigenvalue weighted by Crippen LogP contribution is 2.52. The van der Waals surface area contributed by atoms with Crippen LogP contribution < -0.4 is 4.74 Å². The Labute approximate surface area is 114 Å². The maximum Gasteiger partial charge on any atom is 0.314 e. The molecule has 0 atom stereocenters. The summed E-state index contributed by atoms with van der Waals surface area (Å²) < 4.78 is 5.75. The van der Waals surface area contributed by atoms with Crippen molar-refractivity contribution in [3.05, 3.63) is 21.7 Å². The van der Waals surface area contributed by atoms with Gasteiger partial charge in [-0.15, -0.1) is 0 Å². The number of ether oxygens (including phenoxy) is 1. The molecule has 0 radical (unpaired) electrons. The van der Waals surface area contributed by atoms with Crippen LogP contribution in [-0.4, -0.2) is 23.3 Å². The number of aryl methyl sites for hydroxylation is 1. The van der Waals surface area contributed by atoms with Crippen molar-refractivity contribution >= 4 is 21.9 Å². The topological polar surface area (TPSA) is 66.8 Å². The molecule has 1 aromatic carbocycles. The normalized spacial score (nSPS) is 17.1. The predicted molar refractivity (Wildman–Crippen MR) is 70.3 cm³/mol. The van der Waals surface area contributed by atoms with Gasteiger partial charge < -0.3 is 14.9 Å². The molecule has 1 aromatic rings. The summed E-state index contributed by atoms with van der Waals surface area (Å²) in [5, 5.41) is 19.7. The zero-order valence-corrected chi connectivity index (χ0v) is 11.9. The zero-order valence-electron chi connectivity index (χ0n) is 10.3. The highest BCUT2D eigenvalue weighted by molar-refractivity contribution is 9.10. The van der Waals surface area contributed by atoms with Gasteiger partial charge in [0.15, 0.2) is 11.5 Å². The lowest BCUT2D eigenvalue weighted by Crippen LogP contribution is -2.43. The number of carboxylic acid groups (broad SMARTS) is 1. The number of hydrogen-bond donors (Lipinski definition) is 2. The quantitative estimate of drug-likeness (QED) is 0.900. The number of rotatable bonds is 3. The molecular weight excluding hydrogens is 300 g/mol.